The van der Waals surface area contributed by atoms with Crippen molar-refractivity contribution in [2.75, 3.05) is 6.61 Å². The highest BCUT2D eigenvalue weighted by atomic mass is 16.5. The monoisotopic (exact) mass is 206 g/mol. The molecule has 0 radical (unpaired) electrons. The van der Waals surface area contributed by atoms with Crippen molar-refractivity contribution in [2.45, 2.75) is 32.1 Å². The van der Waals surface area contributed by atoms with Gasteiger partial charge < -0.3 is 15.9 Å². The van der Waals surface area contributed by atoms with Gasteiger partial charge in [0.25, 0.3) is 0 Å². The van der Waals surface area contributed by atoms with Crippen LogP contribution in [-0.2, 0) is 4.74 Å². The summed E-state index contributed by atoms with van der Waals surface area (Å²) in [6.07, 6.45) is 9.66. The highest BCUT2D eigenvalue weighted by Crippen LogP contribution is 2.93. The number of ether oxygens (including phenoxy) is 1. The molecule has 3 nitrogen and oxygen atoms in total. The maximum atomic E-state index is 6.85. The summed E-state index contributed by atoms with van der Waals surface area (Å²) in [6.45, 7) is 0.727. The molecule has 3 heteroatoms. The van der Waals surface area contributed by atoms with Crippen LogP contribution >= 0.6 is 0 Å². The molecule has 2 spiro atoms. The fraction of sp³-hybridized carbons (Fsp3) is 0.750. The Kier molecular flexibility index (Phi) is 1.71. The van der Waals surface area contributed by atoms with E-state index in [9.17, 15) is 0 Å². The largest absolute Gasteiger partial charge is 0.479 e. The fourth-order valence-corrected chi connectivity index (χ4v) is 3.78. The maximum absolute atomic E-state index is 6.85. The minimum atomic E-state index is 0.375. The molecule has 0 aromatic heterocycles. The van der Waals surface area contributed by atoms with Crippen LogP contribution in [0.3, 0.4) is 0 Å². The average Bonchev–Trinajstić information content (AvgIpc) is 3.07. The maximum Gasteiger partial charge on any atom is 0.185 e. The topological polar surface area (TPSA) is 59.1 Å². The Morgan fingerprint density at radius 2 is 1.93 bits per heavy atom. The van der Waals surface area contributed by atoms with Crippen molar-refractivity contribution in [3.63, 3.8) is 0 Å². The molecule has 0 heterocycles. The van der Waals surface area contributed by atoms with Gasteiger partial charge in [0.05, 0.1) is 6.61 Å². The zero-order valence-electron chi connectivity index (χ0n) is 8.96. The van der Waals surface area contributed by atoms with E-state index in [4.69, 9.17) is 15.9 Å². The molecule has 0 saturated heterocycles. The molecular formula is C12H18N2O. The van der Waals surface area contributed by atoms with Gasteiger partial charge in [-0.15, -0.1) is 0 Å². The van der Waals surface area contributed by atoms with Crippen LogP contribution in [0.2, 0.25) is 0 Å². The quantitative estimate of drug-likeness (QED) is 0.534. The fourth-order valence-electron chi connectivity index (χ4n) is 3.78. The van der Waals surface area contributed by atoms with E-state index in [2.05, 4.69) is 0 Å². The lowest BCUT2D eigenvalue weighted by Gasteiger charge is -2.04. The average molecular weight is 206 g/mol. The van der Waals surface area contributed by atoms with Crippen molar-refractivity contribution < 1.29 is 4.74 Å². The van der Waals surface area contributed by atoms with E-state index in [0.29, 0.717) is 5.88 Å². The van der Waals surface area contributed by atoms with E-state index in [1.54, 1.807) is 0 Å². The summed E-state index contributed by atoms with van der Waals surface area (Å²) in [5.74, 6) is 1.30. The van der Waals surface area contributed by atoms with Crippen LogP contribution in [0.25, 0.3) is 0 Å². The zero-order chi connectivity index (χ0) is 10.5. The summed E-state index contributed by atoms with van der Waals surface area (Å²) in [7, 11) is 0. The standard InChI is InChI=1S/C12H18N2O/c13-7-1-10(14)15-8-2-9-11(3-4-11)12(9)5-6-12/h1,7,9,13H,2-6,8,14H2/b10-1+,13-7?. The number of rotatable bonds is 5. The van der Waals surface area contributed by atoms with Gasteiger partial charge in [-0.2, -0.15) is 0 Å². The van der Waals surface area contributed by atoms with Gasteiger partial charge in [0.1, 0.15) is 0 Å². The molecule has 15 heavy (non-hydrogen) atoms. The highest BCUT2D eigenvalue weighted by molar-refractivity contribution is 5.68. The molecule has 0 aliphatic heterocycles. The van der Waals surface area contributed by atoms with E-state index >= 15 is 0 Å². The second-order valence-electron chi connectivity index (χ2n) is 5.24. The number of hydrogen-bond donors (Lipinski definition) is 2. The zero-order valence-corrected chi connectivity index (χ0v) is 8.96. The van der Waals surface area contributed by atoms with Crippen LogP contribution in [0.4, 0.5) is 0 Å². The van der Waals surface area contributed by atoms with Gasteiger partial charge >= 0.3 is 0 Å². The third-order valence-corrected chi connectivity index (χ3v) is 4.74. The minimum Gasteiger partial charge on any atom is -0.479 e. The molecule has 0 amide bonds. The Bertz CT molecular complexity index is 309. The number of hydrogen-bond acceptors (Lipinski definition) is 3. The molecule has 0 aromatic rings. The van der Waals surface area contributed by atoms with Gasteiger partial charge in [-0.25, -0.2) is 0 Å². The molecular weight excluding hydrogens is 188 g/mol. The van der Waals surface area contributed by atoms with Crippen LogP contribution < -0.4 is 5.73 Å². The highest BCUT2D eigenvalue weighted by Gasteiger charge is 2.85. The predicted molar refractivity (Wildman–Crippen MR) is 58.4 cm³/mol. The van der Waals surface area contributed by atoms with Crippen LogP contribution in [-0.4, -0.2) is 12.8 Å². The minimum absolute atomic E-state index is 0.375. The van der Waals surface area contributed by atoms with Crippen LogP contribution in [0.1, 0.15) is 32.1 Å². The Hall–Kier alpha value is -0.990. The number of nitrogens with two attached hydrogens (primary N) is 1. The first kappa shape index (κ1) is 9.25. The van der Waals surface area contributed by atoms with E-state index < -0.39 is 0 Å². The molecule has 3 fully saturated rings. The van der Waals surface area contributed by atoms with Gasteiger partial charge in [-0.1, -0.05) is 0 Å². The molecule has 0 unspecified atom stereocenters. The Morgan fingerprint density at radius 3 is 2.40 bits per heavy atom. The van der Waals surface area contributed by atoms with Crippen molar-refractivity contribution in [1.29, 1.82) is 5.41 Å². The van der Waals surface area contributed by atoms with Gasteiger partial charge in [0, 0.05) is 12.3 Å². The molecule has 82 valence electrons. The molecule has 0 aromatic carbocycles. The summed E-state index contributed by atoms with van der Waals surface area (Å²) < 4.78 is 5.36. The first-order chi connectivity index (χ1) is 7.25. The van der Waals surface area contributed by atoms with E-state index in [0.717, 1.165) is 36.0 Å². The van der Waals surface area contributed by atoms with E-state index in [-0.39, 0.29) is 0 Å². The second kappa shape index (κ2) is 2.77. The van der Waals surface area contributed by atoms with Crippen molar-refractivity contribution in [3.05, 3.63) is 12.0 Å². The molecule has 3 saturated carbocycles. The van der Waals surface area contributed by atoms with E-state index in [1.807, 2.05) is 0 Å². The van der Waals surface area contributed by atoms with Gasteiger partial charge in [-0.05, 0) is 48.9 Å². The second-order valence-corrected chi connectivity index (χ2v) is 5.24. The van der Waals surface area contributed by atoms with Gasteiger partial charge in [0.15, 0.2) is 5.88 Å². The molecule has 3 aliphatic carbocycles. The van der Waals surface area contributed by atoms with Gasteiger partial charge in [0.2, 0.25) is 0 Å². The van der Waals surface area contributed by atoms with Crippen LogP contribution in [0, 0.1) is 22.2 Å². The summed E-state index contributed by atoms with van der Waals surface area (Å²) in [4.78, 5) is 0. The Balaban J connectivity index is 1.45. The van der Waals surface area contributed by atoms with Gasteiger partial charge in [-0.3, -0.25) is 0 Å². The lowest BCUT2D eigenvalue weighted by Crippen LogP contribution is -2.05. The van der Waals surface area contributed by atoms with Crippen molar-refractivity contribution in [3.8, 4) is 0 Å². The molecule has 3 aliphatic rings. The normalized spacial score (nSPS) is 32.8. The molecule has 0 bridgehead atoms. The Morgan fingerprint density at radius 1 is 1.33 bits per heavy atom. The van der Waals surface area contributed by atoms with Crippen molar-refractivity contribution >= 4 is 6.21 Å². The van der Waals surface area contributed by atoms with Crippen LogP contribution in [0.5, 0.6) is 0 Å². The molecule has 3 rings (SSSR count). The first-order valence-electron chi connectivity index (χ1n) is 5.84. The SMILES string of the molecule is N=C/C=C(\N)OCCC1C2(CC2)C12CC2. The lowest BCUT2D eigenvalue weighted by molar-refractivity contribution is 0.197. The smallest absolute Gasteiger partial charge is 0.185 e. The predicted octanol–water partition coefficient (Wildman–Crippen LogP) is 2.03. The summed E-state index contributed by atoms with van der Waals surface area (Å²) in [6, 6.07) is 0. The summed E-state index contributed by atoms with van der Waals surface area (Å²) >= 11 is 0. The third kappa shape index (κ3) is 1.15. The number of nitrogens with one attached hydrogen (secondary N) is 1. The number of allylic oxidation sites excluding steroid dienone is 1. The third-order valence-electron chi connectivity index (χ3n) is 4.74. The van der Waals surface area contributed by atoms with Crippen LogP contribution in [0.15, 0.2) is 12.0 Å². The van der Waals surface area contributed by atoms with Crippen molar-refractivity contribution in [1.82, 2.24) is 0 Å². The van der Waals surface area contributed by atoms with E-state index in [1.165, 1.54) is 31.8 Å². The van der Waals surface area contributed by atoms with Crippen molar-refractivity contribution in [2.24, 2.45) is 22.5 Å². The summed E-state index contributed by atoms with van der Waals surface area (Å²) in [5.41, 5.74) is 7.09. The Labute approximate surface area is 90.2 Å². The molecule has 0 atom stereocenters. The molecule has 3 N–H and O–H groups in total. The first-order valence-corrected chi connectivity index (χ1v) is 5.84. The number of fused-ring (bicyclic) bond motifs is 1. The summed E-state index contributed by atoms with van der Waals surface area (Å²) in [5, 5.41) is 6.85. The lowest BCUT2D eigenvalue weighted by atomic mass is 10.2.